The molecular weight excluding hydrogens is 282 g/mol. The Morgan fingerprint density at radius 2 is 2.00 bits per heavy atom. The molecule has 0 spiro atoms. The number of aryl methyl sites for hydroxylation is 1. The van der Waals surface area contributed by atoms with Gasteiger partial charge in [0, 0.05) is 13.2 Å². The molecule has 0 aliphatic carbocycles. The second-order valence-corrected chi connectivity index (χ2v) is 6.07. The van der Waals surface area contributed by atoms with E-state index in [2.05, 4.69) is 4.72 Å². The number of rotatable bonds is 8. The third-order valence-electron chi connectivity index (χ3n) is 2.88. The van der Waals surface area contributed by atoms with E-state index in [-0.39, 0.29) is 23.6 Å². The second-order valence-electron chi connectivity index (χ2n) is 4.31. The minimum Gasteiger partial charge on any atom is -0.478 e. The van der Waals surface area contributed by atoms with Gasteiger partial charge in [0.05, 0.1) is 10.5 Å². The molecule has 0 aliphatic heterocycles. The van der Waals surface area contributed by atoms with Gasteiger partial charge in [-0.3, -0.25) is 0 Å². The van der Waals surface area contributed by atoms with Crippen LogP contribution < -0.4 is 4.72 Å². The van der Waals surface area contributed by atoms with Crippen LogP contribution in [0.4, 0.5) is 0 Å². The van der Waals surface area contributed by atoms with Crippen LogP contribution in [0, 0.1) is 0 Å². The summed E-state index contributed by atoms with van der Waals surface area (Å²) in [7, 11) is -3.72. The molecule has 0 radical (unpaired) electrons. The van der Waals surface area contributed by atoms with Crippen molar-refractivity contribution in [3.8, 4) is 0 Å². The molecular formula is C13H19NO5S. The van der Waals surface area contributed by atoms with Gasteiger partial charge >= 0.3 is 5.97 Å². The van der Waals surface area contributed by atoms with Crippen molar-refractivity contribution in [1.82, 2.24) is 4.72 Å². The minimum atomic E-state index is -3.72. The van der Waals surface area contributed by atoms with E-state index in [4.69, 9.17) is 10.2 Å². The van der Waals surface area contributed by atoms with Gasteiger partial charge in [-0.05, 0) is 37.0 Å². The van der Waals surface area contributed by atoms with E-state index in [0.29, 0.717) is 24.8 Å². The third-order valence-corrected chi connectivity index (χ3v) is 4.34. The summed E-state index contributed by atoms with van der Waals surface area (Å²) in [6.07, 6.45) is 1.55. The molecule has 0 aromatic heterocycles. The summed E-state index contributed by atoms with van der Waals surface area (Å²) in [6.45, 7) is 2.03. The molecule has 0 saturated heterocycles. The van der Waals surface area contributed by atoms with Crippen molar-refractivity contribution in [1.29, 1.82) is 0 Å². The second kappa shape index (κ2) is 7.37. The van der Waals surface area contributed by atoms with Gasteiger partial charge in [0.2, 0.25) is 10.0 Å². The lowest BCUT2D eigenvalue weighted by molar-refractivity contribution is 0.0695. The summed E-state index contributed by atoms with van der Waals surface area (Å²) < 4.78 is 26.4. The summed E-state index contributed by atoms with van der Waals surface area (Å²) in [4.78, 5) is 11.1. The molecule has 1 aromatic rings. The standard InChI is InChI=1S/C13H19NO5S/c1-2-10-5-6-11(9-12(10)13(16)17)20(18,19)14-7-3-4-8-15/h5-6,9,14-15H,2-4,7-8H2,1H3,(H,16,17). The molecule has 0 unspecified atom stereocenters. The van der Waals surface area contributed by atoms with Crippen LogP contribution in [0.25, 0.3) is 0 Å². The summed E-state index contributed by atoms with van der Waals surface area (Å²) in [5, 5.41) is 17.7. The molecule has 20 heavy (non-hydrogen) atoms. The van der Waals surface area contributed by atoms with Crippen LogP contribution >= 0.6 is 0 Å². The van der Waals surface area contributed by atoms with Crippen molar-refractivity contribution in [2.75, 3.05) is 13.2 Å². The Kier molecular flexibility index (Phi) is 6.12. The molecule has 0 fully saturated rings. The van der Waals surface area contributed by atoms with Gasteiger partial charge in [-0.2, -0.15) is 0 Å². The van der Waals surface area contributed by atoms with E-state index >= 15 is 0 Å². The summed E-state index contributed by atoms with van der Waals surface area (Å²) in [5.74, 6) is -1.14. The molecule has 0 atom stereocenters. The van der Waals surface area contributed by atoms with Crippen LogP contribution in [0.15, 0.2) is 23.1 Å². The molecule has 0 aliphatic rings. The maximum absolute atomic E-state index is 12.0. The van der Waals surface area contributed by atoms with Gasteiger partial charge in [-0.15, -0.1) is 0 Å². The topological polar surface area (TPSA) is 104 Å². The molecule has 0 saturated carbocycles. The SMILES string of the molecule is CCc1ccc(S(=O)(=O)NCCCCO)cc1C(=O)O. The van der Waals surface area contributed by atoms with E-state index in [1.54, 1.807) is 0 Å². The highest BCUT2D eigenvalue weighted by atomic mass is 32.2. The zero-order valence-electron chi connectivity index (χ0n) is 11.3. The normalized spacial score (nSPS) is 11.5. The van der Waals surface area contributed by atoms with Gasteiger partial charge in [0.25, 0.3) is 0 Å². The first-order valence-electron chi connectivity index (χ1n) is 6.39. The fraction of sp³-hybridized carbons (Fsp3) is 0.462. The zero-order valence-corrected chi connectivity index (χ0v) is 12.1. The number of aliphatic hydroxyl groups is 1. The number of carboxylic acids is 1. The predicted octanol–water partition coefficient (Wildman–Crippen LogP) is 0.998. The molecule has 0 amide bonds. The predicted molar refractivity (Wildman–Crippen MR) is 74.3 cm³/mol. The highest BCUT2D eigenvalue weighted by Crippen LogP contribution is 2.17. The van der Waals surface area contributed by atoms with Crippen molar-refractivity contribution in [2.24, 2.45) is 0 Å². The molecule has 1 rings (SSSR count). The Hall–Kier alpha value is -1.44. The van der Waals surface area contributed by atoms with E-state index in [1.165, 1.54) is 18.2 Å². The molecule has 6 nitrogen and oxygen atoms in total. The van der Waals surface area contributed by atoms with Crippen molar-refractivity contribution >= 4 is 16.0 Å². The maximum Gasteiger partial charge on any atom is 0.336 e. The Balaban J connectivity index is 2.95. The van der Waals surface area contributed by atoms with Crippen molar-refractivity contribution in [3.05, 3.63) is 29.3 Å². The number of sulfonamides is 1. The van der Waals surface area contributed by atoms with Crippen LogP contribution in [0.3, 0.4) is 0 Å². The van der Waals surface area contributed by atoms with Gasteiger partial charge in [0.1, 0.15) is 0 Å². The minimum absolute atomic E-state index is 0.00531. The number of carboxylic acid groups (broad SMARTS) is 1. The van der Waals surface area contributed by atoms with Crippen LogP contribution in [0.5, 0.6) is 0 Å². The number of aromatic carboxylic acids is 1. The first-order valence-corrected chi connectivity index (χ1v) is 7.87. The summed E-state index contributed by atoms with van der Waals surface area (Å²) in [6, 6.07) is 4.10. The first-order chi connectivity index (χ1) is 9.42. The van der Waals surface area contributed by atoms with Gasteiger partial charge in [-0.25, -0.2) is 17.9 Å². The highest BCUT2D eigenvalue weighted by Gasteiger charge is 2.17. The summed E-state index contributed by atoms with van der Waals surface area (Å²) in [5.41, 5.74) is 0.600. The quantitative estimate of drug-likeness (QED) is 0.621. The number of aliphatic hydroxyl groups excluding tert-OH is 1. The number of benzene rings is 1. The Morgan fingerprint density at radius 3 is 2.55 bits per heavy atom. The Labute approximate surface area is 118 Å². The van der Waals surface area contributed by atoms with E-state index < -0.39 is 16.0 Å². The number of hydrogen-bond donors (Lipinski definition) is 3. The first kappa shape index (κ1) is 16.6. The largest absolute Gasteiger partial charge is 0.478 e. The molecule has 1 aromatic carbocycles. The number of carbonyl (C=O) groups is 1. The van der Waals surface area contributed by atoms with Gasteiger partial charge < -0.3 is 10.2 Å². The number of nitrogens with one attached hydrogen (secondary N) is 1. The summed E-state index contributed by atoms with van der Waals surface area (Å²) >= 11 is 0. The van der Waals surface area contributed by atoms with Crippen LogP contribution in [-0.4, -0.2) is 37.8 Å². The lowest BCUT2D eigenvalue weighted by Crippen LogP contribution is -2.25. The van der Waals surface area contributed by atoms with E-state index in [0.717, 1.165) is 0 Å². The molecule has 0 bridgehead atoms. The highest BCUT2D eigenvalue weighted by molar-refractivity contribution is 7.89. The van der Waals surface area contributed by atoms with Crippen molar-refractivity contribution in [2.45, 2.75) is 31.1 Å². The lowest BCUT2D eigenvalue weighted by atomic mass is 10.1. The molecule has 3 N–H and O–H groups in total. The van der Waals surface area contributed by atoms with Crippen molar-refractivity contribution < 1.29 is 23.4 Å². The molecule has 0 heterocycles. The Morgan fingerprint density at radius 1 is 1.30 bits per heavy atom. The van der Waals surface area contributed by atoms with Gasteiger partial charge in [0.15, 0.2) is 0 Å². The van der Waals surface area contributed by atoms with Crippen LogP contribution in [0.2, 0.25) is 0 Å². The number of unbranched alkanes of at least 4 members (excludes halogenated alkanes) is 1. The van der Waals surface area contributed by atoms with Crippen molar-refractivity contribution in [3.63, 3.8) is 0 Å². The third kappa shape index (κ3) is 4.29. The zero-order chi connectivity index (χ0) is 15.2. The van der Waals surface area contributed by atoms with Crippen LogP contribution in [0.1, 0.15) is 35.7 Å². The molecule has 7 heteroatoms. The fourth-order valence-electron chi connectivity index (χ4n) is 1.76. The maximum atomic E-state index is 12.0. The smallest absolute Gasteiger partial charge is 0.336 e. The fourth-order valence-corrected chi connectivity index (χ4v) is 2.86. The van der Waals surface area contributed by atoms with E-state index in [9.17, 15) is 13.2 Å². The average molecular weight is 301 g/mol. The number of hydrogen-bond acceptors (Lipinski definition) is 4. The lowest BCUT2D eigenvalue weighted by Gasteiger charge is -2.09. The Bertz CT molecular complexity index is 568. The van der Waals surface area contributed by atoms with Crippen LogP contribution in [-0.2, 0) is 16.4 Å². The average Bonchev–Trinajstić information content (AvgIpc) is 2.42. The monoisotopic (exact) mass is 301 g/mol. The van der Waals surface area contributed by atoms with Gasteiger partial charge in [-0.1, -0.05) is 13.0 Å². The van der Waals surface area contributed by atoms with E-state index in [1.807, 2.05) is 6.92 Å². The molecule has 112 valence electrons.